The molecule has 0 unspecified atom stereocenters. The maximum Gasteiger partial charge on any atom is 0.249 e. The fraction of sp³-hybridized carbons (Fsp3) is 0.214. The highest BCUT2D eigenvalue weighted by Gasteiger charge is 2.20. The van der Waals surface area contributed by atoms with Gasteiger partial charge in [-0.05, 0) is 12.0 Å². The summed E-state index contributed by atoms with van der Waals surface area (Å²) in [7, 11) is 1.84. The Labute approximate surface area is 95.9 Å². The summed E-state index contributed by atoms with van der Waals surface area (Å²) in [5.74, 6) is 0.151. The van der Waals surface area contributed by atoms with Gasteiger partial charge in [0.05, 0.1) is 0 Å². The van der Waals surface area contributed by atoms with Crippen LogP contribution in [0.4, 0.5) is 0 Å². The summed E-state index contributed by atoms with van der Waals surface area (Å²) < 4.78 is 0. The van der Waals surface area contributed by atoms with Gasteiger partial charge in [-0.2, -0.15) is 0 Å². The molecule has 2 rings (SSSR count). The lowest BCUT2D eigenvalue weighted by molar-refractivity contribution is -0.123. The van der Waals surface area contributed by atoms with E-state index in [1.807, 2.05) is 55.6 Å². The van der Waals surface area contributed by atoms with E-state index in [0.717, 1.165) is 24.1 Å². The summed E-state index contributed by atoms with van der Waals surface area (Å²) in [4.78, 5) is 13.3. The molecule has 2 nitrogen and oxygen atoms in total. The molecule has 1 fully saturated rings. The third-order valence-corrected chi connectivity index (χ3v) is 2.72. The molecule has 1 saturated heterocycles. The van der Waals surface area contributed by atoms with Gasteiger partial charge < -0.3 is 4.90 Å². The molecule has 1 aromatic rings. The number of allylic oxidation sites excluding steroid dienone is 2. The van der Waals surface area contributed by atoms with E-state index in [2.05, 4.69) is 0 Å². The summed E-state index contributed by atoms with van der Waals surface area (Å²) >= 11 is 0. The Bertz CT molecular complexity index is 431. The molecule has 1 aliphatic rings. The first-order chi connectivity index (χ1) is 7.77. The average molecular weight is 213 g/mol. The first-order valence-corrected chi connectivity index (χ1v) is 5.45. The minimum Gasteiger partial charge on any atom is -0.342 e. The van der Waals surface area contributed by atoms with Gasteiger partial charge in [-0.3, -0.25) is 4.79 Å². The number of hydrogen-bond acceptors (Lipinski definition) is 1. The second-order valence-corrected chi connectivity index (χ2v) is 3.94. The molecule has 16 heavy (non-hydrogen) atoms. The second-order valence-electron chi connectivity index (χ2n) is 3.94. The molecule has 0 aliphatic carbocycles. The Morgan fingerprint density at radius 1 is 1.25 bits per heavy atom. The number of carbonyl (C=O) groups is 1. The van der Waals surface area contributed by atoms with Crippen LogP contribution in [0.5, 0.6) is 0 Å². The van der Waals surface area contributed by atoms with E-state index in [1.54, 1.807) is 4.90 Å². The lowest BCUT2D eigenvalue weighted by Gasteiger charge is -2.03. The minimum atomic E-state index is 0.151. The number of carbonyl (C=O) groups excluding carboxylic acids is 1. The molecule has 0 bridgehead atoms. The number of benzene rings is 1. The number of amides is 1. The lowest BCUT2D eigenvalue weighted by atomic mass is 10.2. The number of likely N-dealkylation sites (N-methyl/N-ethyl adjacent to an activating group) is 1. The summed E-state index contributed by atoms with van der Waals surface area (Å²) in [6, 6.07) is 10.1. The van der Waals surface area contributed by atoms with Gasteiger partial charge >= 0.3 is 0 Å². The topological polar surface area (TPSA) is 20.3 Å². The van der Waals surface area contributed by atoms with Crippen LogP contribution in [0, 0.1) is 0 Å². The maximum absolute atomic E-state index is 11.6. The number of likely N-dealkylation sites (tertiary alicyclic amines) is 1. The number of hydrogen-bond donors (Lipinski definition) is 0. The molecule has 0 N–H and O–H groups in total. The van der Waals surface area contributed by atoms with E-state index < -0.39 is 0 Å². The lowest BCUT2D eigenvalue weighted by Crippen LogP contribution is -2.18. The molecule has 2 heteroatoms. The predicted molar refractivity (Wildman–Crippen MR) is 65.8 cm³/mol. The van der Waals surface area contributed by atoms with E-state index in [4.69, 9.17) is 0 Å². The highest BCUT2D eigenvalue weighted by Crippen LogP contribution is 2.15. The molecule has 1 heterocycles. The van der Waals surface area contributed by atoms with Crippen LogP contribution in [-0.4, -0.2) is 24.4 Å². The first kappa shape index (κ1) is 10.7. The predicted octanol–water partition coefficient (Wildman–Crippen LogP) is 2.49. The van der Waals surface area contributed by atoms with Gasteiger partial charge in [0.1, 0.15) is 0 Å². The normalized spacial score (nSPS) is 18.9. The van der Waals surface area contributed by atoms with Crippen LogP contribution in [0.15, 0.2) is 48.1 Å². The van der Waals surface area contributed by atoms with Crippen molar-refractivity contribution >= 4 is 12.0 Å². The van der Waals surface area contributed by atoms with Crippen molar-refractivity contribution < 1.29 is 4.79 Å². The Balaban J connectivity index is 2.04. The minimum absolute atomic E-state index is 0.151. The molecule has 82 valence electrons. The molecule has 1 aliphatic heterocycles. The van der Waals surface area contributed by atoms with Crippen molar-refractivity contribution in [2.24, 2.45) is 0 Å². The highest BCUT2D eigenvalue weighted by molar-refractivity contribution is 5.95. The van der Waals surface area contributed by atoms with Gasteiger partial charge in [0.2, 0.25) is 5.91 Å². The monoisotopic (exact) mass is 213 g/mol. The maximum atomic E-state index is 11.6. The Morgan fingerprint density at radius 2 is 2.00 bits per heavy atom. The molecule has 0 aromatic heterocycles. The van der Waals surface area contributed by atoms with Gasteiger partial charge in [-0.1, -0.05) is 48.6 Å². The van der Waals surface area contributed by atoms with Crippen LogP contribution in [0.3, 0.4) is 0 Å². The molecular weight excluding hydrogens is 198 g/mol. The van der Waals surface area contributed by atoms with Crippen LogP contribution in [-0.2, 0) is 4.79 Å². The van der Waals surface area contributed by atoms with Gasteiger partial charge in [-0.25, -0.2) is 0 Å². The summed E-state index contributed by atoms with van der Waals surface area (Å²) in [5.41, 5.74) is 2.05. The molecular formula is C14H15NO. The van der Waals surface area contributed by atoms with Crippen molar-refractivity contribution in [3.8, 4) is 0 Å². The molecule has 0 atom stereocenters. The van der Waals surface area contributed by atoms with Gasteiger partial charge in [-0.15, -0.1) is 0 Å². The van der Waals surface area contributed by atoms with Crippen molar-refractivity contribution in [3.63, 3.8) is 0 Å². The van der Waals surface area contributed by atoms with Gasteiger partial charge in [0.15, 0.2) is 0 Å². The van der Waals surface area contributed by atoms with Crippen molar-refractivity contribution in [1.29, 1.82) is 0 Å². The third-order valence-electron chi connectivity index (χ3n) is 2.72. The fourth-order valence-electron chi connectivity index (χ4n) is 1.74. The summed E-state index contributed by atoms with van der Waals surface area (Å²) in [5, 5.41) is 0. The zero-order valence-corrected chi connectivity index (χ0v) is 9.39. The van der Waals surface area contributed by atoms with Gasteiger partial charge in [0.25, 0.3) is 0 Å². The van der Waals surface area contributed by atoms with E-state index >= 15 is 0 Å². The van der Waals surface area contributed by atoms with E-state index in [9.17, 15) is 4.79 Å². The van der Waals surface area contributed by atoms with Crippen LogP contribution in [0.1, 0.15) is 12.0 Å². The van der Waals surface area contributed by atoms with Crippen molar-refractivity contribution in [2.45, 2.75) is 6.42 Å². The highest BCUT2D eigenvalue weighted by atomic mass is 16.2. The van der Waals surface area contributed by atoms with Crippen LogP contribution in [0.25, 0.3) is 6.08 Å². The van der Waals surface area contributed by atoms with Crippen LogP contribution in [0.2, 0.25) is 0 Å². The van der Waals surface area contributed by atoms with Crippen molar-refractivity contribution in [2.75, 3.05) is 13.6 Å². The van der Waals surface area contributed by atoms with E-state index in [-0.39, 0.29) is 5.91 Å². The largest absolute Gasteiger partial charge is 0.342 e. The van der Waals surface area contributed by atoms with Crippen molar-refractivity contribution in [1.82, 2.24) is 4.90 Å². The van der Waals surface area contributed by atoms with E-state index in [0.29, 0.717) is 0 Å². The fourth-order valence-corrected chi connectivity index (χ4v) is 1.74. The smallest absolute Gasteiger partial charge is 0.249 e. The molecule has 0 saturated carbocycles. The Hall–Kier alpha value is -1.83. The zero-order chi connectivity index (χ0) is 11.4. The Kier molecular flexibility index (Phi) is 3.20. The number of rotatable bonds is 2. The number of nitrogens with zero attached hydrogens (tertiary/aromatic N) is 1. The molecule has 0 spiro atoms. The third kappa shape index (κ3) is 2.40. The molecule has 0 radical (unpaired) electrons. The molecule has 1 aromatic carbocycles. The van der Waals surface area contributed by atoms with Gasteiger partial charge in [0, 0.05) is 19.2 Å². The van der Waals surface area contributed by atoms with Crippen molar-refractivity contribution in [3.05, 3.63) is 53.6 Å². The van der Waals surface area contributed by atoms with Crippen LogP contribution < -0.4 is 0 Å². The quantitative estimate of drug-likeness (QED) is 0.691. The SMILES string of the molecule is CN1CC/C(=C\C=C\c2ccccc2)C1=O. The summed E-state index contributed by atoms with van der Waals surface area (Å²) in [6.45, 7) is 0.837. The average Bonchev–Trinajstić information content (AvgIpc) is 2.62. The molecule has 1 amide bonds. The zero-order valence-electron chi connectivity index (χ0n) is 9.39. The summed E-state index contributed by atoms with van der Waals surface area (Å²) in [6.07, 6.45) is 6.73. The van der Waals surface area contributed by atoms with E-state index in [1.165, 1.54) is 0 Å². The Morgan fingerprint density at radius 3 is 2.62 bits per heavy atom. The van der Waals surface area contributed by atoms with Crippen LogP contribution >= 0.6 is 0 Å². The second kappa shape index (κ2) is 4.79. The standard InChI is InChI=1S/C14H15NO/c1-15-11-10-13(14(15)16)9-5-8-12-6-3-2-4-7-12/h2-9H,10-11H2,1H3/b8-5+,13-9+. The first-order valence-electron chi connectivity index (χ1n) is 5.45.